The van der Waals surface area contributed by atoms with Gasteiger partial charge in [0, 0.05) is 19.6 Å². The quantitative estimate of drug-likeness (QED) is 0.734. The number of carbonyl (C=O) groups excluding carboxylic acids is 1. The highest BCUT2D eigenvalue weighted by Crippen LogP contribution is 2.26. The number of piperazine rings is 1. The van der Waals surface area contributed by atoms with Crippen LogP contribution in [0, 0.1) is 18.3 Å². The monoisotopic (exact) mass is 365 g/mol. The second kappa shape index (κ2) is 8.22. The number of benzene rings is 2. The van der Waals surface area contributed by atoms with Gasteiger partial charge in [0.15, 0.2) is 5.69 Å². The van der Waals surface area contributed by atoms with E-state index in [1.54, 1.807) is 17.0 Å². The van der Waals surface area contributed by atoms with E-state index in [0.717, 1.165) is 12.0 Å². The van der Waals surface area contributed by atoms with Crippen molar-refractivity contribution in [3.05, 3.63) is 70.8 Å². The van der Waals surface area contributed by atoms with Crippen LogP contribution in [0.1, 0.15) is 25.0 Å². The van der Waals surface area contributed by atoms with E-state index in [4.69, 9.17) is 6.57 Å². The fraction of sp³-hybridized carbons (Fsp3) is 0.364. The van der Waals surface area contributed by atoms with Gasteiger partial charge >= 0.3 is 0 Å². The maximum absolute atomic E-state index is 14.2. The fourth-order valence-electron chi connectivity index (χ4n) is 3.38. The van der Waals surface area contributed by atoms with Crippen LogP contribution in [0.15, 0.2) is 42.5 Å². The average molecular weight is 365 g/mol. The van der Waals surface area contributed by atoms with Crippen LogP contribution in [0.4, 0.5) is 15.8 Å². The van der Waals surface area contributed by atoms with Crippen molar-refractivity contribution >= 4 is 17.3 Å². The first-order chi connectivity index (χ1) is 13.0. The van der Waals surface area contributed by atoms with Gasteiger partial charge in [0.25, 0.3) is 0 Å². The summed E-state index contributed by atoms with van der Waals surface area (Å²) < 4.78 is 14.2. The van der Waals surface area contributed by atoms with Gasteiger partial charge in [-0.3, -0.25) is 4.79 Å². The van der Waals surface area contributed by atoms with Crippen molar-refractivity contribution < 1.29 is 9.18 Å². The lowest BCUT2D eigenvalue weighted by atomic mass is 10.0. The van der Waals surface area contributed by atoms with Gasteiger partial charge < -0.3 is 9.80 Å². The molecule has 0 spiro atoms. The van der Waals surface area contributed by atoms with Crippen LogP contribution in [0.2, 0.25) is 0 Å². The lowest BCUT2D eigenvalue weighted by molar-refractivity contribution is -0.131. The molecule has 0 atom stereocenters. The molecule has 0 unspecified atom stereocenters. The number of halogens is 1. The molecule has 2 aromatic rings. The van der Waals surface area contributed by atoms with Crippen LogP contribution < -0.4 is 4.90 Å². The van der Waals surface area contributed by atoms with Crippen molar-refractivity contribution in [2.24, 2.45) is 5.92 Å². The normalized spacial score (nSPS) is 14.6. The standard InChI is InChI=1S/C22H24FN3O/c1-16(2)12-17-4-6-18(7-5-17)14-26-11-10-25(15-22(26)27)21-9-8-19(24-3)13-20(21)23/h4-9,13,16H,10-12,14-15H2,1-2H3. The highest BCUT2D eigenvalue weighted by molar-refractivity contribution is 5.83. The summed E-state index contributed by atoms with van der Waals surface area (Å²) >= 11 is 0. The van der Waals surface area contributed by atoms with Crippen LogP contribution in [0.5, 0.6) is 0 Å². The fourth-order valence-corrected chi connectivity index (χ4v) is 3.38. The molecule has 27 heavy (non-hydrogen) atoms. The summed E-state index contributed by atoms with van der Waals surface area (Å²) in [6.07, 6.45) is 1.05. The largest absolute Gasteiger partial charge is 0.358 e. The van der Waals surface area contributed by atoms with Crippen LogP contribution in [-0.4, -0.2) is 30.4 Å². The third-order valence-electron chi connectivity index (χ3n) is 4.76. The molecule has 1 heterocycles. The molecule has 5 heteroatoms. The van der Waals surface area contributed by atoms with Gasteiger partial charge in [-0.25, -0.2) is 9.24 Å². The van der Waals surface area contributed by atoms with E-state index >= 15 is 0 Å². The smallest absolute Gasteiger partial charge is 0.242 e. The Morgan fingerprint density at radius 3 is 2.41 bits per heavy atom. The maximum Gasteiger partial charge on any atom is 0.242 e. The van der Waals surface area contributed by atoms with E-state index in [1.807, 2.05) is 4.90 Å². The third kappa shape index (κ3) is 4.65. The lowest BCUT2D eigenvalue weighted by Crippen LogP contribution is -2.50. The van der Waals surface area contributed by atoms with Gasteiger partial charge in [-0.05, 0) is 35.6 Å². The van der Waals surface area contributed by atoms with Gasteiger partial charge in [0.05, 0.1) is 18.8 Å². The molecular weight excluding hydrogens is 341 g/mol. The Hall–Kier alpha value is -2.87. The number of rotatable bonds is 5. The van der Waals surface area contributed by atoms with E-state index in [0.29, 0.717) is 31.2 Å². The van der Waals surface area contributed by atoms with Gasteiger partial charge in [-0.2, -0.15) is 0 Å². The third-order valence-corrected chi connectivity index (χ3v) is 4.76. The van der Waals surface area contributed by atoms with Crippen molar-refractivity contribution in [1.82, 2.24) is 4.90 Å². The Balaban J connectivity index is 1.62. The summed E-state index contributed by atoms with van der Waals surface area (Å²) in [4.78, 5) is 19.3. The Bertz CT molecular complexity index is 855. The van der Waals surface area contributed by atoms with Crippen LogP contribution in [-0.2, 0) is 17.8 Å². The van der Waals surface area contributed by atoms with E-state index < -0.39 is 5.82 Å². The molecule has 0 aromatic heterocycles. The number of hydrogen-bond acceptors (Lipinski definition) is 2. The highest BCUT2D eigenvalue weighted by Gasteiger charge is 2.25. The molecular formula is C22H24FN3O. The van der Waals surface area contributed by atoms with E-state index in [2.05, 4.69) is 43.0 Å². The molecule has 1 aliphatic heterocycles. The van der Waals surface area contributed by atoms with Crippen LogP contribution in [0.25, 0.3) is 4.85 Å². The van der Waals surface area contributed by atoms with E-state index in [1.165, 1.54) is 11.6 Å². The molecule has 2 aromatic carbocycles. The molecule has 1 amide bonds. The van der Waals surface area contributed by atoms with Crippen molar-refractivity contribution in [2.75, 3.05) is 24.5 Å². The Kier molecular flexibility index (Phi) is 5.75. The molecule has 3 rings (SSSR count). The zero-order valence-electron chi connectivity index (χ0n) is 15.8. The lowest BCUT2D eigenvalue weighted by Gasteiger charge is -2.36. The summed E-state index contributed by atoms with van der Waals surface area (Å²) in [5.74, 6) is 0.154. The molecule has 140 valence electrons. The minimum Gasteiger partial charge on any atom is -0.358 e. The van der Waals surface area contributed by atoms with E-state index in [9.17, 15) is 9.18 Å². The molecule has 0 saturated carbocycles. The minimum absolute atomic E-state index is 0.0128. The molecule has 1 fully saturated rings. The van der Waals surface area contributed by atoms with Gasteiger partial charge in [0.1, 0.15) is 5.82 Å². The van der Waals surface area contributed by atoms with Crippen LogP contribution >= 0.6 is 0 Å². The highest BCUT2D eigenvalue weighted by atomic mass is 19.1. The maximum atomic E-state index is 14.2. The van der Waals surface area contributed by atoms with Crippen LogP contribution in [0.3, 0.4) is 0 Å². The first kappa shape index (κ1) is 18.9. The molecule has 0 radical (unpaired) electrons. The number of nitrogens with zero attached hydrogens (tertiary/aromatic N) is 3. The predicted octanol–water partition coefficient (Wildman–Crippen LogP) is 4.42. The minimum atomic E-state index is -0.453. The van der Waals surface area contributed by atoms with Gasteiger partial charge in [0.2, 0.25) is 5.91 Å². The first-order valence-electron chi connectivity index (χ1n) is 9.24. The molecule has 0 aliphatic carbocycles. The average Bonchev–Trinajstić information content (AvgIpc) is 2.64. The molecule has 1 saturated heterocycles. The van der Waals surface area contributed by atoms with E-state index in [-0.39, 0.29) is 18.1 Å². The van der Waals surface area contributed by atoms with Crippen molar-refractivity contribution in [3.63, 3.8) is 0 Å². The summed E-state index contributed by atoms with van der Waals surface area (Å²) in [7, 11) is 0. The topological polar surface area (TPSA) is 27.9 Å². The summed E-state index contributed by atoms with van der Waals surface area (Å²) in [6, 6.07) is 12.8. The zero-order chi connectivity index (χ0) is 19.4. The van der Waals surface area contributed by atoms with Gasteiger partial charge in [-0.1, -0.05) is 44.2 Å². The first-order valence-corrected chi connectivity index (χ1v) is 9.24. The van der Waals surface area contributed by atoms with Gasteiger partial charge in [-0.15, -0.1) is 0 Å². The number of anilines is 1. The van der Waals surface area contributed by atoms with Crippen molar-refractivity contribution in [1.29, 1.82) is 0 Å². The zero-order valence-corrected chi connectivity index (χ0v) is 15.8. The Morgan fingerprint density at radius 1 is 1.11 bits per heavy atom. The summed E-state index contributed by atoms with van der Waals surface area (Å²) in [5.41, 5.74) is 3.07. The Labute approximate surface area is 160 Å². The summed E-state index contributed by atoms with van der Waals surface area (Å²) in [5, 5.41) is 0. The number of carbonyl (C=O) groups is 1. The van der Waals surface area contributed by atoms with Crippen molar-refractivity contribution in [3.8, 4) is 0 Å². The SMILES string of the molecule is [C-]#[N+]c1ccc(N2CCN(Cc3ccc(CC(C)C)cc3)C(=O)C2)c(F)c1. The summed E-state index contributed by atoms with van der Waals surface area (Å²) in [6.45, 7) is 13.2. The molecule has 0 bridgehead atoms. The molecule has 4 nitrogen and oxygen atoms in total. The molecule has 0 N–H and O–H groups in total. The predicted molar refractivity (Wildman–Crippen MR) is 105 cm³/mol. The Morgan fingerprint density at radius 2 is 1.81 bits per heavy atom. The molecule has 1 aliphatic rings. The van der Waals surface area contributed by atoms with Crippen molar-refractivity contribution in [2.45, 2.75) is 26.8 Å². The second-order valence-electron chi connectivity index (χ2n) is 7.40. The number of hydrogen-bond donors (Lipinski definition) is 0. The second-order valence-corrected chi connectivity index (χ2v) is 7.40. The number of amides is 1.